The van der Waals surface area contributed by atoms with Crippen molar-refractivity contribution in [3.05, 3.63) is 106 Å². The Kier molecular flexibility index (Phi) is 7.51. The van der Waals surface area contributed by atoms with Crippen molar-refractivity contribution in [3.63, 3.8) is 0 Å². The van der Waals surface area contributed by atoms with E-state index in [1.807, 2.05) is 12.3 Å². The van der Waals surface area contributed by atoms with Gasteiger partial charge in [-0.2, -0.15) is 5.10 Å². The first-order valence-electron chi connectivity index (χ1n) is 12.0. The van der Waals surface area contributed by atoms with E-state index in [0.717, 1.165) is 10.5 Å². The number of hydrogen-bond acceptors (Lipinski definition) is 9. The summed E-state index contributed by atoms with van der Waals surface area (Å²) in [7, 11) is 0. The van der Waals surface area contributed by atoms with Crippen molar-refractivity contribution in [3.8, 4) is 0 Å². The second kappa shape index (κ2) is 11.2. The molecule has 1 aliphatic heterocycles. The van der Waals surface area contributed by atoms with Crippen molar-refractivity contribution in [2.24, 2.45) is 5.11 Å². The van der Waals surface area contributed by atoms with Crippen LogP contribution >= 0.6 is 11.8 Å². The zero-order valence-electron chi connectivity index (χ0n) is 21.1. The Bertz CT molecular complexity index is 1540. The Labute approximate surface area is 227 Å². The summed E-state index contributed by atoms with van der Waals surface area (Å²) in [5.74, 6) is -1.19. The lowest BCUT2D eigenvalue weighted by Crippen LogP contribution is -2.45. The van der Waals surface area contributed by atoms with Gasteiger partial charge in [0.25, 0.3) is 0 Å². The predicted octanol–water partition coefficient (Wildman–Crippen LogP) is 5.04. The highest BCUT2D eigenvalue weighted by Crippen LogP contribution is 2.47. The zero-order valence-corrected chi connectivity index (χ0v) is 21.9. The van der Waals surface area contributed by atoms with Crippen LogP contribution in [0.5, 0.6) is 0 Å². The van der Waals surface area contributed by atoms with E-state index in [4.69, 9.17) is 14.2 Å². The summed E-state index contributed by atoms with van der Waals surface area (Å²) in [4.78, 5) is 33.2. The SMILES string of the molecule is CSc1ncnn2c([C@@H]3O[C@H](COC(=O)c4ccccc4)[C@@H](OC(=O)c4ccccc4)[C@@]3(C)N=[N+]=[N-])ccc12. The summed E-state index contributed by atoms with van der Waals surface area (Å²) in [5, 5.41) is 9.21. The van der Waals surface area contributed by atoms with E-state index in [-0.39, 0.29) is 6.61 Å². The maximum Gasteiger partial charge on any atom is 0.338 e. The predicted molar refractivity (Wildman–Crippen MR) is 142 cm³/mol. The molecule has 198 valence electrons. The molecule has 12 heteroatoms. The molecule has 1 fully saturated rings. The van der Waals surface area contributed by atoms with Crippen molar-refractivity contribution >= 4 is 29.2 Å². The molecule has 5 rings (SSSR count). The van der Waals surface area contributed by atoms with Crippen LogP contribution in [-0.2, 0) is 14.2 Å². The molecule has 0 amide bonds. The maximum absolute atomic E-state index is 13.1. The Morgan fingerprint density at radius 2 is 1.74 bits per heavy atom. The van der Waals surface area contributed by atoms with Gasteiger partial charge in [-0.15, -0.1) is 11.8 Å². The van der Waals surface area contributed by atoms with Gasteiger partial charge in [0.15, 0.2) is 0 Å². The average Bonchev–Trinajstić information content (AvgIpc) is 3.51. The number of hydrogen-bond donors (Lipinski definition) is 0. The summed E-state index contributed by atoms with van der Waals surface area (Å²) >= 11 is 1.46. The number of esters is 2. The summed E-state index contributed by atoms with van der Waals surface area (Å²) in [6.45, 7) is 1.40. The van der Waals surface area contributed by atoms with Crippen LogP contribution in [0.15, 0.2) is 89.3 Å². The van der Waals surface area contributed by atoms with E-state index in [9.17, 15) is 15.1 Å². The topological polar surface area (TPSA) is 141 Å². The van der Waals surface area contributed by atoms with Crippen molar-refractivity contribution in [1.29, 1.82) is 0 Å². The molecule has 4 aromatic rings. The van der Waals surface area contributed by atoms with E-state index in [0.29, 0.717) is 16.8 Å². The molecular weight excluding hydrogens is 520 g/mol. The number of fused-ring (bicyclic) bond motifs is 1. The smallest absolute Gasteiger partial charge is 0.338 e. The minimum absolute atomic E-state index is 0.248. The number of carbonyl (C=O) groups is 2. The van der Waals surface area contributed by atoms with Crippen molar-refractivity contribution < 1.29 is 23.8 Å². The Balaban J connectivity index is 1.52. The quantitative estimate of drug-likeness (QED) is 0.0987. The molecule has 2 aromatic heterocycles. The number of azide groups is 1. The molecule has 1 saturated heterocycles. The summed E-state index contributed by atoms with van der Waals surface area (Å²) in [5.41, 5.74) is 10.1. The highest BCUT2D eigenvalue weighted by molar-refractivity contribution is 7.98. The molecule has 11 nitrogen and oxygen atoms in total. The van der Waals surface area contributed by atoms with Crippen LogP contribution in [0.3, 0.4) is 0 Å². The minimum atomic E-state index is -1.41. The number of carbonyl (C=O) groups excluding carboxylic acids is 2. The number of aromatic nitrogens is 3. The van der Waals surface area contributed by atoms with Gasteiger partial charge >= 0.3 is 11.9 Å². The van der Waals surface area contributed by atoms with E-state index < -0.39 is 35.8 Å². The first-order valence-corrected chi connectivity index (χ1v) is 13.2. The molecule has 0 aliphatic carbocycles. The summed E-state index contributed by atoms with van der Waals surface area (Å²) < 4.78 is 19.5. The molecule has 4 atom stereocenters. The number of ether oxygens (including phenoxy) is 3. The molecular formula is C27H24N6O5S. The van der Waals surface area contributed by atoms with Crippen molar-refractivity contribution in [2.45, 2.75) is 35.8 Å². The molecule has 3 heterocycles. The second-order valence-electron chi connectivity index (χ2n) is 8.95. The van der Waals surface area contributed by atoms with Crippen LogP contribution in [0.25, 0.3) is 16.0 Å². The van der Waals surface area contributed by atoms with Crippen molar-refractivity contribution in [1.82, 2.24) is 14.6 Å². The fourth-order valence-electron chi connectivity index (χ4n) is 4.67. The van der Waals surface area contributed by atoms with Gasteiger partial charge in [0.05, 0.1) is 22.3 Å². The summed E-state index contributed by atoms with van der Waals surface area (Å²) in [6, 6.07) is 20.6. The van der Waals surface area contributed by atoms with Gasteiger partial charge in [-0.05, 0) is 55.1 Å². The molecule has 0 unspecified atom stereocenters. The second-order valence-corrected chi connectivity index (χ2v) is 9.75. The third kappa shape index (κ3) is 5.05. The number of thioether (sulfide) groups is 1. The number of rotatable bonds is 8. The monoisotopic (exact) mass is 544 g/mol. The lowest BCUT2D eigenvalue weighted by molar-refractivity contribution is -0.0437. The minimum Gasteiger partial charge on any atom is -0.459 e. The normalized spacial score (nSPS) is 22.3. The van der Waals surface area contributed by atoms with Crippen LogP contribution in [-0.4, -0.2) is 57.1 Å². The molecule has 1 aliphatic rings. The van der Waals surface area contributed by atoms with Crippen LogP contribution in [0.2, 0.25) is 0 Å². The van der Waals surface area contributed by atoms with Gasteiger partial charge in [-0.25, -0.2) is 19.1 Å². The third-order valence-electron chi connectivity index (χ3n) is 6.56. The average molecular weight is 545 g/mol. The lowest BCUT2D eigenvalue weighted by Gasteiger charge is -2.30. The fourth-order valence-corrected chi connectivity index (χ4v) is 5.18. The number of benzene rings is 2. The van der Waals surface area contributed by atoms with Gasteiger partial charge in [0.1, 0.15) is 41.8 Å². The van der Waals surface area contributed by atoms with Gasteiger partial charge < -0.3 is 14.2 Å². The third-order valence-corrected chi connectivity index (χ3v) is 7.26. The zero-order chi connectivity index (χ0) is 27.4. The van der Waals surface area contributed by atoms with Crippen molar-refractivity contribution in [2.75, 3.05) is 12.9 Å². The van der Waals surface area contributed by atoms with E-state index in [2.05, 4.69) is 20.1 Å². The first kappa shape index (κ1) is 26.2. The molecule has 39 heavy (non-hydrogen) atoms. The molecule has 0 N–H and O–H groups in total. The molecule has 0 bridgehead atoms. The summed E-state index contributed by atoms with van der Waals surface area (Å²) in [6.07, 6.45) is 0.394. The van der Waals surface area contributed by atoms with Crippen LogP contribution < -0.4 is 0 Å². The van der Waals surface area contributed by atoms with Gasteiger partial charge in [0, 0.05) is 4.91 Å². The largest absolute Gasteiger partial charge is 0.459 e. The van der Waals surface area contributed by atoms with E-state index >= 15 is 0 Å². The maximum atomic E-state index is 13.1. The van der Waals surface area contributed by atoms with Gasteiger partial charge in [-0.1, -0.05) is 41.5 Å². The van der Waals surface area contributed by atoms with Crippen LogP contribution in [0, 0.1) is 0 Å². The fraction of sp³-hybridized carbons (Fsp3) is 0.259. The van der Waals surface area contributed by atoms with Crippen LogP contribution in [0.1, 0.15) is 39.4 Å². The highest BCUT2D eigenvalue weighted by atomic mass is 32.2. The molecule has 2 aromatic carbocycles. The van der Waals surface area contributed by atoms with Crippen LogP contribution in [0.4, 0.5) is 0 Å². The van der Waals surface area contributed by atoms with Gasteiger partial charge in [0.2, 0.25) is 0 Å². The van der Waals surface area contributed by atoms with E-state index in [1.165, 1.54) is 18.1 Å². The standard InChI is InChI=1S/C27H24N6O5S/c1-27(31-32-28)22(19-13-14-20-24(39-2)29-16-30-33(19)20)37-21(15-36-25(34)17-9-5-3-6-10-17)23(27)38-26(35)18-11-7-4-8-12-18/h3-14,16,21-23H,15H2,1-2H3/t21-,22+,23-,27+/m1/s1. The molecule has 0 spiro atoms. The van der Waals surface area contributed by atoms with Gasteiger partial charge in [-0.3, -0.25) is 0 Å². The lowest BCUT2D eigenvalue weighted by atomic mass is 9.88. The highest BCUT2D eigenvalue weighted by Gasteiger charge is 2.57. The molecule has 0 radical (unpaired) electrons. The Hall–Kier alpha value is -4.38. The van der Waals surface area contributed by atoms with E-state index in [1.54, 1.807) is 78.2 Å². The number of nitrogens with zero attached hydrogens (tertiary/aromatic N) is 6. The first-order chi connectivity index (χ1) is 19.0. The molecule has 0 saturated carbocycles. The Morgan fingerprint density at radius 3 is 2.38 bits per heavy atom. The Morgan fingerprint density at radius 1 is 1.08 bits per heavy atom.